The van der Waals surface area contributed by atoms with Crippen LogP contribution in [0.15, 0.2) is 22.8 Å². The van der Waals surface area contributed by atoms with Gasteiger partial charge >= 0.3 is 5.97 Å². The number of carboxylic acid groups (broad SMARTS) is 1. The molecule has 0 aliphatic heterocycles. The lowest BCUT2D eigenvalue weighted by atomic mass is 10.2. The van der Waals surface area contributed by atoms with Gasteiger partial charge in [-0.2, -0.15) is 0 Å². The van der Waals surface area contributed by atoms with Crippen molar-refractivity contribution >= 4 is 5.97 Å². The Kier molecular flexibility index (Phi) is 4.19. The van der Waals surface area contributed by atoms with Crippen molar-refractivity contribution in [3.8, 4) is 0 Å². The molecule has 0 bridgehead atoms. The first-order valence-corrected chi connectivity index (χ1v) is 4.72. The molecule has 1 aromatic heterocycles. The van der Waals surface area contributed by atoms with Crippen LogP contribution in [0.3, 0.4) is 0 Å². The van der Waals surface area contributed by atoms with Gasteiger partial charge in [-0.3, -0.25) is 4.79 Å². The molecule has 4 nitrogen and oxygen atoms in total. The third-order valence-corrected chi connectivity index (χ3v) is 2.05. The summed E-state index contributed by atoms with van der Waals surface area (Å²) in [7, 11) is 0. The average molecular weight is 197 g/mol. The summed E-state index contributed by atoms with van der Waals surface area (Å²) in [6, 6.07) is 3.25. The van der Waals surface area contributed by atoms with E-state index >= 15 is 0 Å². The van der Waals surface area contributed by atoms with E-state index in [1.807, 2.05) is 19.1 Å². The maximum Gasteiger partial charge on any atom is 0.320 e. The van der Waals surface area contributed by atoms with Gasteiger partial charge in [-0.05, 0) is 18.6 Å². The van der Waals surface area contributed by atoms with E-state index in [-0.39, 0.29) is 0 Å². The topological polar surface area (TPSA) is 62.5 Å². The van der Waals surface area contributed by atoms with Crippen molar-refractivity contribution in [2.24, 2.45) is 0 Å². The lowest BCUT2D eigenvalue weighted by Crippen LogP contribution is -2.37. The summed E-state index contributed by atoms with van der Waals surface area (Å²) in [6.45, 7) is 2.47. The number of carbonyl (C=O) groups is 1. The molecule has 0 fully saturated rings. The van der Waals surface area contributed by atoms with E-state index in [2.05, 4.69) is 5.32 Å². The van der Waals surface area contributed by atoms with Crippen LogP contribution in [0.4, 0.5) is 0 Å². The molecule has 0 aromatic carbocycles. The Morgan fingerprint density at radius 3 is 3.00 bits per heavy atom. The molecule has 1 rings (SSSR count). The highest BCUT2D eigenvalue weighted by molar-refractivity contribution is 5.73. The smallest absolute Gasteiger partial charge is 0.320 e. The predicted molar refractivity (Wildman–Crippen MR) is 52.1 cm³/mol. The van der Waals surface area contributed by atoms with Gasteiger partial charge in [0, 0.05) is 13.0 Å². The molecule has 0 spiro atoms. The van der Waals surface area contributed by atoms with Gasteiger partial charge < -0.3 is 14.8 Å². The summed E-state index contributed by atoms with van der Waals surface area (Å²) < 4.78 is 5.12. The lowest BCUT2D eigenvalue weighted by molar-refractivity contribution is -0.139. The largest absolute Gasteiger partial charge is 0.480 e. The van der Waals surface area contributed by atoms with Crippen molar-refractivity contribution in [3.63, 3.8) is 0 Å². The number of aliphatic carboxylic acids is 1. The third kappa shape index (κ3) is 3.22. The van der Waals surface area contributed by atoms with Crippen LogP contribution < -0.4 is 5.32 Å². The fraction of sp³-hybridized carbons (Fsp3) is 0.500. The van der Waals surface area contributed by atoms with E-state index in [1.165, 1.54) is 0 Å². The highest BCUT2D eigenvalue weighted by atomic mass is 16.4. The SMILES string of the molecule is CCC(NCCc1ccco1)C(=O)O. The molecule has 4 heteroatoms. The molecule has 14 heavy (non-hydrogen) atoms. The van der Waals surface area contributed by atoms with Gasteiger partial charge in [0.1, 0.15) is 11.8 Å². The van der Waals surface area contributed by atoms with Gasteiger partial charge in [-0.1, -0.05) is 6.92 Å². The van der Waals surface area contributed by atoms with E-state index in [1.54, 1.807) is 6.26 Å². The average Bonchev–Trinajstić information content (AvgIpc) is 2.64. The third-order valence-electron chi connectivity index (χ3n) is 2.05. The van der Waals surface area contributed by atoms with Crippen molar-refractivity contribution in [1.82, 2.24) is 5.32 Å². The van der Waals surface area contributed by atoms with Crippen LogP contribution >= 0.6 is 0 Å². The number of hydrogen-bond donors (Lipinski definition) is 2. The van der Waals surface area contributed by atoms with E-state index < -0.39 is 12.0 Å². The van der Waals surface area contributed by atoms with Crippen molar-refractivity contribution in [1.29, 1.82) is 0 Å². The molecule has 0 amide bonds. The number of carboxylic acids is 1. The van der Waals surface area contributed by atoms with Gasteiger partial charge in [-0.25, -0.2) is 0 Å². The molecule has 1 aromatic rings. The molecular formula is C10H15NO3. The zero-order valence-electron chi connectivity index (χ0n) is 8.19. The van der Waals surface area contributed by atoms with Crippen LogP contribution in [-0.4, -0.2) is 23.7 Å². The highest BCUT2D eigenvalue weighted by Crippen LogP contribution is 2.00. The van der Waals surface area contributed by atoms with Crippen molar-refractivity contribution in [2.45, 2.75) is 25.8 Å². The highest BCUT2D eigenvalue weighted by Gasteiger charge is 2.13. The van der Waals surface area contributed by atoms with E-state index in [0.29, 0.717) is 13.0 Å². The quantitative estimate of drug-likeness (QED) is 0.721. The zero-order chi connectivity index (χ0) is 10.4. The van der Waals surface area contributed by atoms with Gasteiger partial charge in [0.05, 0.1) is 6.26 Å². The van der Waals surface area contributed by atoms with Crippen LogP contribution in [0, 0.1) is 0 Å². The normalized spacial score (nSPS) is 12.6. The molecule has 1 atom stereocenters. The molecule has 1 unspecified atom stereocenters. The molecule has 0 aliphatic rings. The van der Waals surface area contributed by atoms with E-state index in [4.69, 9.17) is 9.52 Å². The van der Waals surface area contributed by atoms with Crippen molar-refractivity contribution < 1.29 is 14.3 Å². The van der Waals surface area contributed by atoms with Crippen molar-refractivity contribution in [2.75, 3.05) is 6.54 Å². The standard InChI is InChI=1S/C10H15NO3/c1-2-9(10(12)13)11-6-5-8-4-3-7-14-8/h3-4,7,9,11H,2,5-6H2,1H3,(H,12,13). The minimum atomic E-state index is -0.799. The van der Waals surface area contributed by atoms with Gasteiger partial charge in [0.15, 0.2) is 0 Å². The van der Waals surface area contributed by atoms with Gasteiger partial charge in [0.2, 0.25) is 0 Å². The summed E-state index contributed by atoms with van der Waals surface area (Å²) in [5, 5.41) is 11.7. The second-order valence-corrected chi connectivity index (χ2v) is 3.08. The summed E-state index contributed by atoms with van der Waals surface area (Å²) in [5.41, 5.74) is 0. The summed E-state index contributed by atoms with van der Waals surface area (Å²) >= 11 is 0. The summed E-state index contributed by atoms with van der Waals surface area (Å²) in [5.74, 6) is 0.0738. The van der Waals surface area contributed by atoms with Gasteiger partial charge in [-0.15, -0.1) is 0 Å². The van der Waals surface area contributed by atoms with Crippen LogP contribution in [0.5, 0.6) is 0 Å². The van der Waals surface area contributed by atoms with Crippen molar-refractivity contribution in [3.05, 3.63) is 24.2 Å². The Morgan fingerprint density at radius 1 is 1.71 bits per heavy atom. The monoisotopic (exact) mass is 197 g/mol. The second kappa shape index (κ2) is 5.44. The molecule has 78 valence electrons. The Morgan fingerprint density at radius 2 is 2.50 bits per heavy atom. The molecule has 2 N–H and O–H groups in total. The number of nitrogens with one attached hydrogen (secondary N) is 1. The lowest BCUT2D eigenvalue weighted by Gasteiger charge is -2.10. The number of furan rings is 1. The minimum absolute atomic E-state index is 0.454. The van der Waals surface area contributed by atoms with Crippen LogP contribution in [0.25, 0.3) is 0 Å². The Bertz CT molecular complexity index is 269. The summed E-state index contributed by atoms with van der Waals surface area (Å²) in [4.78, 5) is 10.6. The molecule has 1 heterocycles. The molecule has 0 aliphatic carbocycles. The maximum atomic E-state index is 10.6. The van der Waals surface area contributed by atoms with Crippen LogP contribution in [0.2, 0.25) is 0 Å². The Hall–Kier alpha value is -1.29. The number of rotatable bonds is 6. The predicted octanol–water partition coefficient (Wildman–Crippen LogP) is 1.27. The molecule has 0 saturated heterocycles. The second-order valence-electron chi connectivity index (χ2n) is 3.08. The molecule has 0 saturated carbocycles. The first-order chi connectivity index (χ1) is 6.74. The first kappa shape index (κ1) is 10.8. The van der Waals surface area contributed by atoms with E-state index in [9.17, 15) is 4.79 Å². The van der Waals surface area contributed by atoms with Crippen LogP contribution in [-0.2, 0) is 11.2 Å². The zero-order valence-corrected chi connectivity index (χ0v) is 8.19. The molecule has 0 radical (unpaired) electrons. The Balaban J connectivity index is 2.23. The number of hydrogen-bond acceptors (Lipinski definition) is 3. The minimum Gasteiger partial charge on any atom is -0.480 e. The van der Waals surface area contributed by atoms with E-state index in [0.717, 1.165) is 12.2 Å². The molecular weight excluding hydrogens is 182 g/mol. The summed E-state index contributed by atoms with van der Waals surface area (Å²) in [6.07, 6.45) is 2.92. The van der Waals surface area contributed by atoms with Crippen LogP contribution in [0.1, 0.15) is 19.1 Å². The first-order valence-electron chi connectivity index (χ1n) is 4.72. The fourth-order valence-corrected chi connectivity index (χ4v) is 1.23. The Labute approximate surface area is 82.9 Å². The maximum absolute atomic E-state index is 10.6. The fourth-order valence-electron chi connectivity index (χ4n) is 1.23. The van der Waals surface area contributed by atoms with Gasteiger partial charge in [0.25, 0.3) is 0 Å².